The molecule has 1 N–H and O–H groups in total. The van der Waals surface area contributed by atoms with Crippen LogP contribution in [0.2, 0.25) is 0 Å². The molecule has 0 saturated carbocycles. The van der Waals surface area contributed by atoms with Crippen LogP contribution >= 0.6 is 0 Å². The van der Waals surface area contributed by atoms with Crippen LogP contribution in [0.25, 0.3) is 11.0 Å². The van der Waals surface area contributed by atoms with Crippen LogP contribution in [-0.2, 0) is 29.6 Å². The molecular weight excluding hydrogens is 430 g/mol. The number of carbonyl (C=O) groups is 2. The van der Waals surface area contributed by atoms with E-state index in [1.165, 1.54) is 6.20 Å². The number of fused-ring (bicyclic) bond motifs is 1. The first-order valence-corrected chi connectivity index (χ1v) is 11.6. The lowest BCUT2D eigenvalue weighted by Gasteiger charge is -2.10. The van der Waals surface area contributed by atoms with E-state index in [0.29, 0.717) is 41.8 Å². The van der Waals surface area contributed by atoms with Crippen molar-refractivity contribution >= 4 is 22.8 Å². The fraction of sp³-hybridized carbons (Fsp3) is 0.407. The lowest BCUT2D eigenvalue weighted by molar-refractivity contribution is -0.137. The largest absolute Gasteiger partial charge is 0.481 e. The second kappa shape index (κ2) is 12.1. The summed E-state index contributed by atoms with van der Waals surface area (Å²) in [6, 6.07) is 13.9. The Morgan fingerprint density at radius 3 is 2.65 bits per heavy atom. The molecule has 0 aliphatic heterocycles. The molecule has 1 aromatic carbocycles. The van der Waals surface area contributed by atoms with Crippen molar-refractivity contribution in [2.75, 3.05) is 6.61 Å². The number of carboxylic acid groups (broad SMARTS) is 1. The van der Waals surface area contributed by atoms with Gasteiger partial charge >= 0.3 is 5.97 Å². The molecule has 0 aliphatic rings. The zero-order chi connectivity index (χ0) is 24.5. The molecule has 0 bridgehead atoms. The van der Waals surface area contributed by atoms with Crippen LogP contribution in [-0.4, -0.2) is 33.0 Å². The summed E-state index contributed by atoms with van der Waals surface area (Å²) in [6.07, 6.45) is 5.05. The maximum Gasteiger partial charge on any atom is 0.303 e. The second-order valence-corrected chi connectivity index (χ2v) is 8.77. The number of rotatable bonds is 13. The number of Topliss-reactive ketones (excluding diaryl/α,β-unsaturated/α-hetero) is 1. The number of ether oxygens (including phenoxy) is 1. The molecule has 0 spiro atoms. The average molecular weight is 462 g/mol. The monoisotopic (exact) mass is 461 g/mol. The van der Waals surface area contributed by atoms with Gasteiger partial charge in [-0.3, -0.25) is 9.59 Å². The predicted octanol–water partition coefficient (Wildman–Crippen LogP) is 5.06. The number of hydrogen-bond donors (Lipinski definition) is 1. The van der Waals surface area contributed by atoms with Gasteiger partial charge in [-0.05, 0) is 36.8 Å². The zero-order valence-electron chi connectivity index (χ0n) is 19.8. The summed E-state index contributed by atoms with van der Waals surface area (Å²) >= 11 is 0. The van der Waals surface area contributed by atoms with Crippen LogP contribution in [0.3, 0.4) is 0 Å². The highest BCUT2D eigenvalue weighted by Crippen LogP contribution is 2.29. The van der Waals surface area contributed by atoms with Crippen LogP contribution in [0.1, 0.15) is 66.2 Å². The molecule has 34 heavy (non-hydrogen) atoms. The summed E-state index contributed by atoms with van der Waals surface area (Å²) in [4.78, 5) is 28.7. The van der Waals surface area contributed by atoms with Gasteiger partial charge in [-0.25, -0.2) is 4.98 Å². The third-order valence-electron chi connectivity index (χ3n) is 5.93. The van der Waals surface area contributed by atoms with E-state index < -0.39 is 5.97 Å². The Bertz CT molecular complexity index is 1180. The summed E-state index contributed by atoms with van der Waals surface area (Å²) in [7, 11) is 1.89. The van der Waals surface area contributed by atoms with Gasteiger partial charge in [0.15, 0.2) is 5.78 Å². The quantitative estimate of drug-likeness (QED) is 0.282. The Labute approximate surface area is 200 Å². The number of carbonyl (C=O) groups excluding carboxylic acids is 1. The Morgan fingerprint density at radius 2 is 1.94 bits per heavy atom. The standard InChI is InChI=1S/C27H31N3O4/c1-19(14-25(32)33)13-24(31)26-22-15-21(16-28)17-29-27(22)30(2)23(26)11-7-4-8-12-34-18-20-9-5-3-6-10-20/h3,5-6,9-10,15,17,19H,4,7-8,11-14,18H2,1-2H3,(H,32,33)/t19-/m0/s1. The molecule has 0 saturated heterocycles. The smallest absolute Gasteiger partial charge is 0.303 e. The van der Waals surface area contributed by atoms with Crippen LogP contribution in [0.5, 0.6) is 0 Å². The Kier molecular flexibility index (Phi) is 8.94. The molecular formula is C27H31N3O4. The van der Waals surface area contributed by atoms with Gasteiger partial charge in [0.1, 0.15) is 11.7 Å². The fourth-order valence-electron chi connectivity index (χ4n) is 4.25. The number of aliphatic carboxylic acids is 1. The number of pyridine rings is 1. The van der Waals surface area contributed by atoms with E-state index >= 15 is 0 Å². The average Bonchev–Trinajstić information content (AvgIpc) is 3.09. The molecule has 2 aromatic heterocycles. The summed E-state index contributed by atoms with van der Waals surface area (Å²) in [5.41, 5.74) is 3.67. The van der Waals surface area contributed by atoms with Crippen molar-refractivity contribution in [2.24, 2.45) is 13.0 Å². The minimum absolute atomic E-state index is 0.0590. The Hall–Kier alpha value is -3.50. The van der Waals surface area contributed by atoms with E-state index in [9.17, 15) is 14.9 Å². The van der Waals surface area contributed by atoms with Crippen molar-refractivity contribution in [2.45, 2.75) is 52.1 Å². The number of nitriles is 1. The molecule has 3 aromatic rings. The highest BCUT2D eigenvalue weighted by Gasteiger charge is 2.24. The summed E-state index contributed by atoms with van der Waals surface area (Å²) in [5.74, 6) is -1.29. The van der Waals surface area contributed by atoms with Gasteiger partial charge < -0.3 is 14.4 Å². The van der Waals surface area contributed by atoms with Crippen molar-refractivity contribution in [1.29, 1.82) is 5.26 Å². The maximum absolute atomic E-state index is 13.3. The van der Waals surface area contributed by atoms with Gasteiger partial charge in [0, 0.05) is 49.3 Å². The molecule has 0 unspecified atom stereocenters. The van der Waals surface area contributed by atoms with E-state index in [-0.39, 0.29) is 24.5 Å². The molecule has 0 aliphatic carbocycles. The summed E-state index contributed by atoms with van der Waals surface area (Å²) in [5, 5.41) is 19.0. The van der Waals surface area contributed by atoms with Crippen molar-refractivity contribution in [3.8, 4) is 6.07 Å². The van der Waals surface area contributed by atoms with Crippen molar-refractivity contribution in [1.82, 2.24) is 9.55 Å². The SMILES string of the molecule is C[C@H](CC(=O)O)CC(=O)c1c(CCCCCOCc2ccccc2)n(C)c2ncc(C#N)cc12. The third kappa shape index (κ3) is 6.52. The third-order valence-corrected chi connectivity index (χ3v) is 5.93. The second-order valence-electron chi connectivity index (χ2n) is 8.77. The number of aromatic nitrogens is 2. The first-order chi connectivity index (χ1) is 16.4. The van der Waals surface area contributed by atoms with Gasteiger partial charge in [0.2, 0.25) is 0 Å². The maximum atomic E-state index is 13.3. The minimum Gasteiger partial charge on any atom is -0.481 e. The van der Waals surface area contributed by atoms with Crippen LogP contribution in [0, 0.1) is 17.2 Å². The van der Waals surface area contributed by atoms with Crippen LogP contribution in [0.15, 0.2) is 42.6 Å². The Morgan fingerprint density at radius 1 is 1.18 bits per heavy atom. The normalized spacial score (nSPS) is 11.9. The molecule has 178 valence electrons. The van der Waals surface area contributed by atoms with Gasteiger partial charge in [0.25, 0.3) is 0 Å². The predicted molar refractivity (Wildman–Crippen MR) is 129 cm³/mol. The number of carboxylic acids is 1. The molecule has 0 radical (unpaired) electrons. The highest BCUT2D eigenvalue weighted by atomic mass is 16.5. The molecule has 7 heteroatoms. The summed E-state index contributed by atoms with van der Waals surface area (Å²) < 4.78 is 7.69. The van der Waals surface area contributed by atoms with Gasteiger partial charge in [-0.1, -0.05) is 43.7 Å². The van der Waals surface area contributed by atoms with E-state index in [4.69, 9.17) is 9.84 Å². The number of unbranched alkanes of at least 4 members (excludes halogenated alkanes) is 2. The topological polar surface area (TPSA) is 105 Å². The molecule has 2 heterocycles. The number of benzene rings is 1. The molecule has 0 amide bonds. The van der Waals surface area contributed by atoms with E-state index in [0.717, 1.165) is 30.5 Å². The first-order valence-electron chi connectivity index (χ1n) is 11.6. The number of aryl methyl sites for hydroxylation is 1. The van der Waals surface area contributed by atoms with Crippen molar-refractivity contribution in [3.63, 3.8) is 0 Å². The first kappa shape index (κ1) is 25.1. The number of hydrogen-bond acceptors (Lipinski definition) is 5. The van der Waals surface area contributed by atoms with Gasteiger partial charge in [-0.15, -0.1) is 0 Å². The van der Waals surface area contributed by atoms with Gasteiger partial charge in [-0.2, -0.15) is 5.26 Å². The lowest BCUT2D eigenvalue weighted by atomic mass is 9.94. The molecule has 3 rings (SSSR count). The van der Waals surface area contributed by atoms with Crippen LogP contribution < -0.4 is 0 Å². The molecule has 1 atom stereocenters. The van der Waals surface area contributed by atoms with Crippen molar-refractivity contribution in [3.05, 3.63) is 65.0 Å². The molecule has 0 fully saturated rings. The fourth-order valence-corrected chi connectivity index (χ4v) is 4.25. The van der Waals surface area contributed by atoms with Crippen molar-refractivity contribution < 1.29 is 19.4 Å². The Balaban J connectivity index is 1.67. The zero-order valence-corrected chi connectivity index (χ0v) is 19.8. The molecule has 7 nitrogen and oxygen atoms in total. The van der Waals surface area contributed by atoms with E-state index in [2.05, 4.69) is 11.1 Å². The van der Waals surface area contributed by atoms with E-state index in [1.54, 1.807) is 13.0 Å². The minimum atomic E-state index is -0.915. The number of ketones is 1. The summed E-state index contributed by atoms with van der Waals surface area (Å²) in [6.45, 7) is 3.05. The van der Waals surface area contributed by atoms with Gasteiger partial charge in [0.05, 0.1) is 12.2 Å². The van der Waals surface area contributed by atoms with E-state index in [1.807, 2.05) is 41.9 Å². The lowest BCUT2D eigenvalue weighted by Crippen LogP contribution is -2.12. The van der Waals surface area contributed by atoms with Crippen LogP contribution in [0.4, 0.5) is 0 Å². The highest BCUT2D eigenvalue weighted by molar-refractivity contribution is 6.09. The number of nitrogens with zero attached hydrogens (tertiary/aromatic N) is 3.